The average molecular weight is 374 g/mol. The Morgan fingerprint density at radius 2 is 2.15 bits per heavy atom. The van der Waals surface area contributed by atoms with Crippen LogP contribution in [0.4, 0.5) is 11.9 Å². The third-order valence-corrected chi connectivity index (χ3v) is 4.55. The van der Waals surface area contributed by atoms with Gasteiger partial charge in [-0.3, -0.25) is 4.79 Å². The number of nitrogens with zero attached hydrogens (tertiary/aromatic N) is 5. The molecule has 1 aliphatic rings. The van der Waals surface area contributed by atoms with Crippen LogP contribution >= 0.6 is 11.3 Å². The standard InChI is InChI=1S/C17H22N6O2S/c1-22(2)16-19-14(20-17(21-16)23-7-9-25-10-8-23)12-18-15(24)6-5-13-4-3-11-26-13/h3-6,11H,7-10,12H2,1-2H3,(H,18,24)/b6-5+. The van der Waals surface area contributed by atoms with Crippen LogP contribution in [-0.2, 0) is 16.1 Å². The van der Waals surface area contributed by atoms with Crippen molar-refractivity contribution in [2.75, 3.05) is 50.2 Å². The Hall–Kier alpha value is -2.52. The van der Waals surface area contributed by atoms with Gasteiger partial charge in [0.15, 0.2) is 5.82 Å². The van der Waals surface area contributed by atoms with Crippen LogP contribution in [0, 0.1) is 0 Å². The molecule has 0 unspecified atom stereocenters. The zero-order valence-corrected chi connectivity index (χ0v) is 15.7. The van der Waals surface area contributed by atoms with E-state index in [0.29, 0.717) is 30.9 Å². The van der Waals surface area contributed by atoms with E-state index in [1.807, 2.05) is 36.5 Å². The number of nitrogens with one attached hydrogen (secondary N) is 1. The molecule has 2 aromatic rings. The first-order chi connectivity index (χ1) is 12.6. The molecule has 1 amide bonds. The minimum atomic E-state index is -0.182. The van der Waals surface area contributed by atoms with Crippen molar-refractivity contribution in [3.63, 3.8) is 0 Å². The van der Waals surface area contributed by atoms with Gasteiger partial charge in [0.1, 0.15) is 0 Å². The molecule has 0 atom stereocenters. The Morgan fingerprint density at radius 1 is 1.35 bits per heavy atom. The molecule has 1 N–H and O–H groups in total. The van der Waals surface area contributed by atoms with Gasteiger partial charge in [0.25, 0.3) is 0 Å². The quantitative estimate of drug-likeness (QED) is 0.760. The van der Waals surface area contributed by atoms with Crippen LogP contribution in [0.1, 0.15) is 10.7 Å². The third-order valence-electron chi connectivity index (χ3n) is 3.71. The van der Waals surface area contributed by atoms with Crippen LogP contribution in [0.2, 0.25) is 0 Å². The number of carbonyl (C=O) groups excluding carboxylic acids is 1. The highest BCUT2D eigenvalue weighted by molar-refractivity contribution is 7.10. The molecular formula is C17H22N6O2S. The largest absolute Gasteiger partial charge is 0.378 e. The van der Waals surface area contributed by atoms with E-state index in [0.717, 1.165) is 18.0 Å². The van der Waals surface area contributed by atoms with Crippen molar-refractivity contribution >= 4 is 35.2 Å². The van der Waals surface area contributed by atoms with E-state index in [-0.39, 0.29) is 12.5 Å². The monoisotopic (exact) mass is 374 g/mol. The van der Waals surface area contributed by atoms with Crippen LogP contribution in [0.5, 0.6) is 0 Å². The maximum absolute atomic E-state index is 12.0. The predicted octanol–water partition coefficient (Wildman–Crippen LogP) is 1.17. The van der Waals surface area contributed by atoms with Gasteiger partial charge in [0.05, 0.1) is 19.8 Å². The second kappa shape index (κ2) is 8.72. The van der Waals surface area contributed by atoms with E-state index in [9.17, 15) is 4.79 Å². The molecule has 26 heavy (non-hydrogen) atoms. The van der Waals surface area contributed by atoms with Crippen LogP contribution in [-0.4, -0.2) is 61.3 Å². The number of carbonyl (C=O) groups is 1. The zero-order chi connectivity index (χ0) is 18.4. The second-order valence-electron chi connectivity index (χ2n) is 5.91. The summed E-state index contributed by atoms with van der Waals surface area (Å²) in [6, 6.07) is 3.90. The van der Waals surface area contributed by atoms with Crippen molar-refractivity contribution in [1.82, 2.24) is 20.3 Å². The molecule has 138 valence electrons. The molecule has 0 spiro atoms. The molecule has 0 radical (unpaired) electrons. The van der Waals surface area contributed by atoms with E-state index >= 15 is 0 Å². The van der Waals surface area contributed by atoms with Gasteiger partial charge < -0.3 is 19.9 Å². The Kier molecular flexibility index (Phi) is 6.13. The fourth-order valence-electron chi connectivity index (χ4n) is 2.35. The van der Waals surface area contributed by atoms with Crippen molar-refractivity contribution in [1.29, 1.82) is 0 Å². The predicted molar refractivity (Wildman–Crippen MR) is 102 cm³/mol. The number of ether oxygens (including phenoxy) is 1. The topological polar surface area (TPSA) is 83.5 Å². The summed E-state index contributed by atoms with van der Waals surface area (Å²) in [6.45, 7) is 3.04. The van der Waals surface area contributed by atoms with E-state index in [1.165, 1.54) is 6.08 Å². The summed E-state index contributed by atoms with van der Waals surface area (Å²) in [7, 11) is 3.76. The lowest BCUT2D eigenvalue weighted by Crippen LogP contribution is -2.38. The summed E-state index contributed by atoms with van der Waals surface area (Å²) in [6.07, 6.45) is 3.31. The molecule has 8 nitrogen and oxygen atoms in total. The molecular weight excluding hydrogens is 352 g/mol. The minimum Gasteiger partial charge on any atom is -0.378 e. The summed E-state index contributed by atoms with van der Waals surface area (Å²) < 4.78 is 5.38. The van der Waals surface area contributed by atoms with E-state index in [1.54, 1.807) is 17.4 Å². The van der Waals surface area contributed by atoms with E-state index in [2.05, 4.69) is 25.2 Å². The zero-order valence-electron chi connectivity index (χ0n) is 14.9. The van der Waals surface area contributed by atoms with E-state index < -0.39 is 0 Å². The highest BCUT2D eigenvalue weighted by Gasteiger charge is 2.17. The first-order valence-corrected chi connectivity index (χ1v) is 9.24. The van der Waals surface area contributed by atoms with E-state index in [4.69, 9.17) is 4.74 Å². The van der Waals surface area contributed by atoms with Crippen LogP contribution in [0.15, 0.2) is 23.6 Å². The van der Waals surface area contributed by atoms with Crippen molar-refractivity contribution < 1.29 is 9.53 Å². The molecule has 0 saturated carbocycles. The number of aromatic nitrogens is 3. The SMILES string of the molecule is CN(C)c1nc(CNC(=O)/C=C/c2cccs2)nc(N2CCOCC2)n1. The number of morpholine rings is 1. The first kappa shape index (κ1) is 18.3. The summed E-state index contributed by atoms with van der Waals surface area (Å²) in [4.78, 5) is 30.4. The summed E-state index contributed by atoms with van der Waals surface area (Å²) in [5.74, 6) is 1.53. The molecule has 1 aliphatic heterocycles. The molecule has 0 aliphatic carbocycles. The summed E-state index contributed by atoms with van der Waals surface area (Å²) >= 11 is 1.58. The fourth-order valence-corrected chi connectivity index (χ4v) is 2.97. The number of thiophene rings is 1. The van der Waals surface area contributed by atoms with Gasteiger partial charge in [-0.1, -0.05) is 6.07 Å². The Bertz CT molecular complexity index is 757. The van der Waals surface area contributed by atoms with Gasteiger partial charge in [-0.15, -0.1) is 11.3 Å². The van der Waals surface area contributed by atoms with Crippen molar-refractivity contribution in [2.24, 2.45) is 0 Å². The lowest BCUT2D eigenvalue weighted by Gasteiger charge is -2.27. The lowest BCUT2D eigenvalue weighted by atomic mass is 10.4. The highest BCUT2D eigenvalue weighted by Crippen LogP contribution is 2.14. The second-order valence-corrected chi connectivity index (χ2v) is 6.89. The maximum Gasteiger partial charge on any atom is 0.244 e. The number of anilines is 2. The molecule has 1 saturated heterocycles. The van der Waals surface area contributed by atoms with Gasteiger partial charge in [-0.25, -0.2) is 0 Å². The summed E-state index contributed by atoms with van der Waals surface area (Å²) in [5, 5.41) is 4.79. The van der Waals surface area contributed by atoms with Crippen LogP contribution in [0.25, 0.3) is 6.08 Å². The number of hydrogen-bond donors (Lipinski definition) is 1. The molecule has 2 aromatic heterocycles. The average Bonchev–Trinajstić information content (AvgIpc) is 3.19. The van der Waals surface area contributed by atoms with Gasteiger partial charge >= 0.3 is 0 Å². The van der Waals surface area contributed by atoms with Crippen molar-refractivity contribution in [3.05, 3.63) is 34.3 Å². The smallest absolute Gasteiger partial charge is 0.244 e. The molecule has 9 heteroatoms. The Labute approximate surface area is 156 Å². The van der Waals surface area contributed by atoms with Gasteiger partial charge in [-0.2, -0.15) is 15.0 Å². The Balaban J connectivity index is 1.67. The van der Waals surface area contributed by atoms with Gasteiger partial charge in [0.2, 0.25) is 17.8 Å². The van der Waals surface area contributed by atoms with Crippen LogP contribution < -0.4 is 15.1 Å². The first-order valence-electron chi connectivity index (χ1n) is 8.36. The maximum atomic E-state index is 12.0. The number of hydrogen-bond acceptors (Lipinski definition) is 8. The highest BCUT2D eigenvalue weighted by atomic mass is 32.1. The third kappa shape index (κ3) is 4.99. The molecule has 3 rings (SSSR count). The van der Waals surface area contributed by atoms with Gasteiger partial charge in [-0.05, 0) is 17.5 Å². The number of amides is 1. The molecule has 1 fully saturated rings. The molecule has 0 bridgehead atoms. The fraction of sp³-hybridized carbons (Fsp3) is 0.412. The summed E-state index contributed by atoms with van der Waals surface area (Å²) in [5.41, 5.74) is 0. The van der Waals surface area contributed by atoms with Crippen molar-refractivity contribution in [2.45, 2.75) is 6.54 Å². The van der Waals surface area contributed by atoms with Gasteiger partial charge in [0, 0.05) is 38.1 Å². The minimum absolute atomic E-state index is 0.182. The van der Waals surface area contributed by atoms with Crippen LogP contribution in [0.3, 0.4) is 0 Å². The molecule has 0 aromatic carbocycles. The van der Waals surface area contributed by atoms with Crippen molar-refractivity contribution in [3.8, 4) is 0 Å². The Morgan fingerprint density at radius 3 is 2.85 bits per heavy atom. The number of rotatable bonds is 6. The molecule has 3 heterocycles. The normalized spacial score (nSPS) is 14.6. The lowest BCUT2D eigenvalue weighted by molar-refractivity contribution is -0.116.